The van der Waals surface area contributed by atoms with Crippen LogP contribution in [0.2, 0.25) is 0 Å². The average Bonchev–Trinajstić information content (AvgIpc) is 3.07. The number of carbonyl (C=O) groups excluding carboxylic acids is 1. The maximum Gasteiger partial charge on any atom is 0.251 e. The third kappa shape index (κ3) is 3.20. The molecular weight excluding hydrogens is 216 g/mol. The molecular formula is C13H18N2O2. The highest BCUT2D eigenvalue weighted by molar-refractivity contribution is 5.95. The molecule has 1 fully saturated rings. The minimum absolute atomic E-state index is 0.180. The summed E-state index contributed by atoms with van der Waals surface area (Å²) in [6.45, 7) is 2.21. The highest BCUT2D eigenvalue weighted by Crippen LogP contribution is 2.32. The third-order valence-corrected chi connectivity index (χ3v) is 3.00. The Morgan fingerprint density at radius 1 is 1.53 bits per heavy atom. The summed E-state index contributed by atoms with van der Waals surface area (Å²) < 4.78 is 0. The van der Waals surface area contributed by atoms with E-state index >= 15 is 0 Å². The van der Waals surface area contributed by atoms with Gasteiger partial charge in [0, 0.05) is 17.8 Å². The lowest BCUT2D eigenvalue weighted by Crippen LogP contribution is -2.33. The SMILES string of the molecule is Cc1cc(N)cc(C(=O)NCC(O)C2CC2)c1. The van der Waals surface area contributed by atoms with Crippen molar-refractivity contribution in [1.29, 1.82) is 0 Å². The summed E-state index contributed by atoms with van der Waals surface area (Å²) in [6.07, 6.45) is 1.71. The first kappa shape index (κ1) is 11.9. The Balaban J connectivity index is 1.94. The number of hydrogen-bond acceptors (Lipinski definition) is 3. The number of nitrogens with one attached hydrogen (secondary N) is 1. The second kappa shape index (κ2) is 4.75. The molecule has 0 aromatic heterocycles. The van der Waals surface area contributed by atoms with Gasteiger partial charge < -0.3 is 16.2 Å². The molecule has 1 atom stereocenters. The minimum Gasteiger partial charge on any atom is -0.399 e. The molecule has 0 spiro atoms. The maximum atomic E-state index is 11.8. The van der Waals surface area contributed by atoms with Gasteiger partial charge in [0.15, 0.2) is 0 Å². The summed E-state index contributed by atoms with van der Waals surface area (Å²) in [4.78, 5) is 11.8. The molecule has 2 rings (SSSR count). The van der Waals surface area contributed by atoms with Crippen molar-refractivity contribution in [1.82, 2.24) is 5.32 Å². The first-order valence-corrected chi connectivity index (χ1v) is 5.89. The van der Waals surface area contributed by atoms with Gasteiger partial charge in [-0.3, -0.25) is 4.79 Å². The van der Waals surface area contributed by atoms with Gasteiger partial charge in [-0.1, -0.05) is 0 Å². The van der Waals surface area contributed by atoms with Crippen molar-refractivity contribution >= 4 is 11.6 Å². The highest BCUT2D eigenvalue weighted by Gasteiger charge is 2.29. The molecule has 1 saturated carbocycles. The van der Waals surface area contributed by atoms with Crippen LogP contribution in [-0.4, -0.2) is 23.7 Å². The van der Waals surface area contributed by atoms with Crippen LogP contribution in [0, 0.1) is 12.8 Å². The maximum absolute atomic E-state index is 11.8. The number of aryl methyl sites for hydroxylation is 1. The number of carbonyl (C=O) groups is 1. The normalized spacial score (nSPS) is 16.6. The fourth-order valence-electron chi connectivity index (χ4n) is 1.89. The lowest BCUT2D eigenvalue weighted by Gasteiger charge is -2.11. The van der Waals surface area contributed by atoms with E-state index in [4.69, 9.17) is 5.73 Å². The molecule has 1 aromatic rings. The number of nitrogens with two attached hydrogens (primary N) is 1. The summed E-state index contributed by atoms with van der Waals surface area (Å²) in [6, 6.07) is 5.25. The molecule has 1 aliphatic carbocycles. The van der Waals surface area contributed by atoms with Crippen molar-refractivity contribution in [2.24, 2.45) is 5.92 Å². The van der Waals surface area contributed by atoms with Crippen LogP contribution in [0.1, 0.15) is 28.8 Å². The molecule has 4 N–H and O–H groups in total. The molecule has 0 saturated heterocycles. The van der Waals surface area contributed by atoms with Gasteiger partial charge in [0.05, 0.1) is 6.10 Å². The van der Waals surface area contributed by atoms with Crippen LogP contribution in [-0.2, 0) is 0 Å². The Kier molecular flexibility index (Phi) is 3.33. The number of aliphatic hydroxyl groups is 1. The van der Waals surface area contributed by atoms with E-state index in [0.717, 1.165) is 18.4 Å². The number of benzene rings is 1. The van der Waals surface area contributed by atoms with Crippen molar-refractivity contribution in [3.8, 4) is 0 Å². The first-order chi connectivity index (χ1) is 8.06. The Morgan fingerprint density at radius 2 is 2.24 bits per heavy atom. The van der Waals surface area contributed by atoms with Crippen molar-refractivity contribution < 1.29 is 9.90 Å². The molecule has 1 amide bonds. The second-order valence-electron chi connectivity index (χ2n) is 4.75. The van der Waals surface area contributed by atoms with Gasteiger partial charge in [0.2, 0.25) is 0 Å². The smallest absolute Gasteiger partial charge is 0.251 e. The fraction of sp³-hybridized carbons (Fsp3) is 0.462. The Bertz CT molecular complexity index is 407. The van der Waals surface area contributed by atoms with Gasteiger partial charge in [-0.2, -0.15) is 0 Å². The van der Waals surface area contributed by atoms with Crippen molar-refractivity contribution in [2.45, 2.75) is 25.9 Å². The van der Waals surface area contributed by atoms with Crippen molar-refractivity contribution in [3.63, 3.8) is 0 Å². The first-order valence-electron chi connectivity index (χ1n) is 5.89. The number of rotatable bonds is 4. The van der Waals surface area contributed by atoms with E-state index in [0.29, 0.717) is 23.7 Å². The van der Waals surface area contributed by atoms with Crippen LogP contribution in [0.4, 0.5) is 5.69 Å². The van der Waals surface area contributed by atoms with Crippen LogP contribution in [0.3, 0.4) is 0 Å². The number of nitrogen functional groups attached to an aromatic ring is 1. The standard InChI is InChI=1S/C13H18N2O2/c1-8-4-10(6-11(14)5-8)13(17)15-7-12(16)9-2-3-9/h4-6,9,12,16H,2-3,7,14H2,1H3,(H,15,17). The van der Waals surface area contributed by atoms with Crippen LogP contribution in [0.15, 0.2) is 18.2 Å². The van der Waals surface area contributed by atoms with E-state index in [2.05, 4.69) is 5.32 Å². The number of anilines is 1. The molecule has 1 aromatic carbocycles. The van der Waals surface area contributed by atoms with Crippen LogP contribution in [0.25, 0.3) is 0 Å². The molecule has 92 valence electrons. The van der Waals surface area contributed by atoms with E-state index in [9.17, 15) is 9.90 Å². The van der Waals surface area contributed by atoms with Gasteiger partial charge in [-0.15, -0.1) is 0 Å². The largest absolute Gasteiger partial charge is 0.399 e. The van der Waals surface area contributed by atoms with Gasteiger partial charge in [0.1, 0.15) is 0 Å². The van der Waals surface area contributed by atoms with E-state index in [-0.39, 0.29) is 5.91 Å². The summed E-state index contributed by atoms with van der Waals surface area (Å²) in [5.74, 6) is 0.193. The van der Waals surface area contributed by atoms with E-state index in [1.165, 1.54) is 0 Å². The molecule has 0 radical (unpaired) electrons. The summed E-state index contributed by atoms with van der Waals surface area (Å²) in [5.41, 5.74) is 7.77. The Labute approximate surface area is 101 Å². The van der Waals surface area contributed by atoms with Crippen molar-refractivity contribution in [2.75, 3.05) is 12.3 Å². The molecule has 4 nitrogen and oxygen atoms in total. The molecule has 0 heterocycles. The van der Waals surface area contributed by atoms with Gasteiger partial charge in [-0.25, -0.2) is 0 Å². The van der Waals surface area contributed by atoms with Crippen LogP contribution >= 0.6 is 0 Å². The Hall–Kier alpha value is -1.55. The zero-order valence-corrected chi connectivity index (χ0v) is 9.94. The quantitative estimate of drug-likeness (QED) is 0.682. The predicted octanol–water partition coefficient (Wildman–Crippen LogP) is 1.08. The molecule has 4 heteroatoms. The lowest BCUT2D eigenvalue weighted by molar-refractivity contribution is 0.0901. The summed E-state index contributed by atoms with van der Waals surface area (Å²) in [5, 5.41) is 12.4. The second-order valence-corrected chi connectivity index (χ2v) is 4.75. The number of hydrogen-bond donors (Lipinski definition) is 3. The molecule has 17 heavy (non-hydrogen) atoms. The Morgan fingerprint density at radius 3 is 2.82 bits per heavy atom. The molecule has 0 aliphatic heterocycles. The molecule has 1 unspecified atom stereocenters. The lowest BCUT2D eigenvalue weighted by atomic mass is 10.1. The van der Waals surface area contributed by atoms with Gasteiger partial charge in [0.25, 0.3) is 5.91 Å². The topological polar surface area (TPSA) is 75.4 Å². The monoisotopic (exact) mass is 234 g/mol. The van der Waals surface area contributed by atoms with E-state index < -0.39 is 6.10 Å². The zero-order chi connectivity index (χ0) is 12.4. The third-order valence-electron chi connectivity index (χ3n) is 3.00. The molecule has 0 bridgehead atoms. The number of aliphatic hydroxyl groups excluding tert-OH is 1. The average molecular weight is 234 g/mol. The van der Waals surface area contributed by atoms with Gasteiger partial charge >= 0.3 is 0 Å². The predicted molar refractivity (Wildman–Crippen MR) is 66.7 cm³/mol. The summed E-state index contributed by atoms with van der Waals surface area (Å²) >= 11 is 0. The zero-order valence-electron chi connectivity index (χ0n) is 9.94. The summed E-state index contributed by atoms with van der Waals surface area (Å²) in [7, 11) is 0. The number of amides is 1. The minimum atomic E-state index is -0.416. The van der Waals surface area contributed by atoms with Crippen LogP contribution < -0.4 is 11.1 Å². The fourth-order valence-corrected chi connectivity index (χ4v) is 1.89. The van der Waals surface area contributed by atoms with E-state index in [1.807, 2.05) is 13.0 Å². The van der Waals surface area contributed by atoms with Crippen LogP contribution in [0.5, 0.6) is 0 Å². The van der Waals surface area contributed by atoms with Gasteiger partial charge in [-0.05, 0) is 49.4 Å². The molecule has 1 aliphatic rings. The van der Waals surface area contributed by atoms with E-state index in [1.54, 1.807) is 12.1 Å². The van der Waals surface area contributed by atoms with Crippen molar-refractivity contribution in [3.05, 3.63) is 29.3 Å². The highest BCUT2D eigenvalue weighted by atomic mass is 16.3.